The van der Waals surface area contributed by atoms with E-state index in [1.807, 2.05) is 6.79 Å². The van der Waals surface area contributed by atoms with Crippen LogP contribution in [0, 0.1) is 17.8 Å². The molecule has 0 atom stereocenters. The maximum Gasteiger partial charge on any atom is 0.305 e. The maximum absolute atomic E-state index is 12.4. The van der Waals surface area contributed by atoms with Gasteiger partial charge in [0.2, 0.25) is 0 Å². The first-order valence-corrected chi connectivity index (χ1v) is 25.5. The highest BCUT2D eigenvalue weighted by Gasteiger charge is 2.14. The Balaban J connectivity index is -0.00000758. The molecule has 7 nitrogen and oxygen atoms in total. The number of carbonyl (C=O) groups is 3. The topological polar surface area (TPSA) is 93.1 Å². The largest absolute Gasteiger partial charge is 0.466 e. The van der Waals surface area contributed by atoms with E-state index < -0.39 is 0 Å². The first-order chi connectivity index (χ1) is 28.8. The van der Waals surface area contributed by atoms with Gasteiger partial charge in [-0.05, 0) is 83.7 Å². The van der Waals surface area contributed by atoms with Crippen LogP contribution < -0.4 is 0 Å². The predicted molar refractivity (Wildman–Crippen MR) is 255 cm³/mol. The molecule has 0 fully saturated rings. The molecule has 0 saturated heterocycles. The van der Waals surface area contributed by atoms with Crippen molar-refractivity contribution in [2.24, 2.45) is 17.8 Å². The minimum Gasteiger partial charge on any atom is -0.466 e. The molecule has 59 heavy (non-hydrogen) atoms. The summed E-state index contributed by atoms with van der Waals surface area (Å²) in [7, 11) is 3.26. The molecule has 0 amide bonds. The summed E-state index contributed by atoms with van der Waals surface area (Å²) in [6.45, 7) is 18.1. The van der Waals surface area contributed by atoms with Gasteiger partial charge in [0.15, 0.2) is 0 Å². The fourth-order valence-electron chi connectivity index (χ4n) is 8.21. The summed E-state index contributed by atoms with van der Waals surface area (Å²) in [6.07, 6.45) is 41.3. The number of aliphatic hydroxyl groups is 1. The van der Waals surface area contributed by atoms with Gasteiger partial charge in [-0.1, -0.05) is 195 Å². The SMILES string of the molecule is C=O.CCCCCC(CCCCC)CCOC(=O)CCCCCCCC(CCCCCCCC(=O)OCCC(CCCCC)CCCCC)CCCN(C)C(C)C.CO. The molecule has 0 aliphatic carbocycles. The molecule has 0 aliphatic rings. The molecule has 0 aromatic rings. The second-order valence-electron chi connectivity index (χ2n) is 17.9. The quantitative estimate of drug-likeness (QED) is 0.0483. The van der Waals surface area contributed by atoms with E-state index in [-0.39, 0.29) is 11.9 Å². The zero-order valence-electron chi connectivity index (χ0n) is 41.1. The number of rotatable bonds is 43. The number of esters is 2. The smallest absolute Gasteiger partial charge is 0.305 e. The standard InChI is InChI=1S/C50H99NO4.CH4O.CH2O/c1-8-12-22-31-47(32-23-13-9-2)40-43-54-49(52)38-28-20-16-18-26-35-46(37-30-42-51(7)45(5)6)36-27-19-17-21-29-39-50(53)55-44-41-48(33-24-14-10-3)34-25-15-11-4;2*1-2/h45-48H,8-44H2,1-7H3;2H,1H3;1H2. The van der Waals surface area contributed by atoms with Crippen molar-refractivity contribution >= 4 is 18.7 Å². The lowest BCUT2D eigenvalue weighted by Crippen LogP contribution is -2.27. The van der Waals surface area contributed by atoms with Gasteiger partial charge in [-0.25, -0.2) is 0 Å². The molecule has 0 aliphatic heterocycles. The van der Waals surface area contributed by atoms with Gasteiger partial charge in [0, 0.05) is 26.0 Å². The summed E-state index contributed by atoms with van der Waals surface area (Å²) in [4.78, 5) is 35.3. The predicted octanol–water partition coefficient (Wildman–Crippen LogP) is 15.0. The lowest BCUT2D eigenvalue weighted by Gasteiger charge is -2.23. The molecule has 0 bridgehead atoms. The van der Waals surface area contributed by atoms with Crippen LogP contribution in [-0.2, 0) is 23.9 Å². The van der Waals surface area contributed by atoms with E-state index in [0.29, 0.717) is 32.1 Å². The van der Waals surface area contributed by atoms with Gasteiger partial charge in [-0.3, -0.25) is 9.59 Å². The van der Waals surface area contributed by atoms with Crippen molar-refractivity contribution in [3.63, 3.8) is 0 Å². The van der Waals surface area contributed by atoms with Crippen LogP contribution in [0.25, 0.3) is 0 Å². The van der Waals surface area contributed by atoms with E-state index in [2.05, 4.69) is 53.5 Å². The first-order valence-electron chi connectivity index (χ1n) is 25.5. The average Bonchev–Trinajstić information content (AvgIpc) is 3.24. The number of carbonyl (C=O) groups excluding carboxylic acids is 3. The summed E-state index contributed by atoms with van der Waals surface area (Å²) in [6, 6.07) is 0.610. The number of unbranched alkanes of at least 4 members (excludes halogenated alkanes) is 16. The Kier molecular flexibility index (Phi) is 53.3. The highest BCUT2D eigenvalue weighted by atomic mass is 16.5. The number of nitrogens with zero attached hydrogens (tertiary/aromatic N) is 1. The molecule has 0 heterocycles. The van der Waals surface area contributed by atoms with Gasteiger partial charge in [-0.15, -0.1) is 0 Å². The molecule has 0 unspecified atom stereocenters. The van der Waals surface area contributed by atoms with E-state index in [1.165, 1.54) is 173 Å². The Bertz CT molecular complexity index is 762. The molecule has 0 radical (unpaired) electrons. The van der Waals surface area contributed by atoms with E-state index in [1.54, 1.807) is 0 Å². The van der Waals surface area contributed by atoms with E-state index in [4.69, 9.17) is 19.4 Å². The molecule has 0 aromatic heterocycles. The van der Waals surface area contributed by atoms with Crippen molar-refractivity contribution < 1.29 is 29.0 Å². The lowest BCUT2D eigenvalue weighted by atomic mass is 9.90. The minimum absolute atomic E-state index is 0.0157. The van der Waals surface area contributed by atoms with Crippen LogP contribution >= 0.6 is 0 Å². The Hall–Kier alpha value is -1.47. The molecule has 354 valence electrons. The zero-order chi connectivity index (χ0) is 44.6. The molecular weight excluding hydrogens is 735 g/mol. The van der Waals surface area contributed by atoms with Crippen LogP contribution in [0.5, 0.6) is 0 Å². The van der Waals surface area contributed by atoms with Crippen molar-refractivity contribution in [3.05, 3.63) is 0 Å². The summed E-state index contributed by atoms with van der Waals surface area (Å²) in [5.41, 5.74) is 0. The van der Waals surface area contributed by atoms with Crippen molar-refractivity contribution in [2.45, 2.75) is 266 Å². The fourth-order valence-corrected chi connectivity index (χ4v) is 8.21. The Morgan fingerprint density at radius 3 is 1.03 bits per heavy atom. The highest BCUT2D eigenvalue weighted by Crippen LogP contribution is 2.25. The van der Waals surface area contributed by atoms with Crippen molar-refractivity contribution in [3.8, 4) is 0 Å². The highest BCUT2D eigenvalue weighted by molar-refractivity contribution is 5.69. The van der Waals surface area contributed by atoms with Gasteiger partial charge in [0.05, 0.1) is 13.2 Å². The summed E-state index contributed by atoms with van der Waals surface area (Å²) >= 11 is 0. The van der Waals surface area contributed by atoms with Gasteiger partial charge in [0.1, 0.15) is 6.79 Å². The molecule has 0 aromatic carbocycles. The first kappa shape index (κ1) is 61.8. The van der Waals surface area contributed by atoms with Crippen molar-refractivity contribution in [2.75, 3.05) is 33.9 Å². The van der Waals surface area contributed by atoms with E-state index in [9.17, 15) is 9.59 Å². The Morgan fingerprint density at radius 1 is 0.441 bits per heavy atom. The number of ether oxygens (including phenoxy) is 2. The molecule has 0 saturated carbocycles. The van der Waals surface area contributed by atoms with Crippen LogP contribution in [0.3, 0.4) is 0 Å². The molecule has 0 spiro atoms. The Labute approximate surface area is 369 Å². The summed E-state index contributed by atoms with van der Waals surface area (Å²) in [5, 5.41) is 7.00. The second kappa shape index (κ2) is 50.9. The summed E-state index contributed by atoms with van der Waals surface area (Å²) < 4.78 is 11.4. The number of aliphatic hydroxyl groups excluding tert-OH is 1. The van der Waals surface area contributed by atoms with E-state index in [0.717, 1.165) is 63.4 Å². The number of hydrogen-bond donors (Lipinski definition) is 1. The van der Waals surface area contributed by atoms with Crippen LogP contribution in [0.15, 0.2) is 0 Å². The van der Waals surface area contributed by atoms with Gasteiger partial charge < -0.3 is 24.3 Å². The Morgan fingerprint density at radius 2 is 0.712 bits per heavy atom. The van der Waals surface area contributed by atoms with Crippen LogP contribution in [0.4, 0.5) is 0 Å². The van der Waals surface area contributed by atoms with Crippen LogP contribution in [0.2, 0.25) is 0 Å². The number of hydrogen-bond acceptors (Lipinski definition) is 7. The van der Waals surface area contributed by atoms with Gasteiger partial charge in [0.25, 0.3) is 0 Å². The van der Waals surface area contributed by atoms with Gasteiger partial charge >= 0.3 is 11.9 Å². The van der Waals surface area contributed by atoms with Crippen molar-refractivity contribution in [1.29, 1.82) is 0 Å². The lowest BCUT2D eigenvalue weighted by molar-refractivity contribution is -0.145. The minimum atomic E-state index is 0.0157. The third-order valence-electron chi connectivity index (χ3n) is 12.4. The monoisotopic (exact) mass is 840 g/mol. The fraction of sp³-hybridized carbons (Fsp3) is 0.942. The van der Waals surface area contributed by atoms with Crippen LogP contribution in [-0.4, -0.2) is 68.7 Å². The van der Waals surface area contributed by atoms with Gasteiger partial charge in [-0.2, -0.15) is 0 Å². The molecule has 1 N–H and O–H groups in total. The molecule has 0 rings (SSSR count). The second-order valence-corrected chi connectivity index (χ2v) is 17.9. The average molecular weight is 840 g/mol. The normalized spacial score (nSPS) is 11.3. The zero-order valence-corrected chi connectivity index (χ0v) is 41.1. The third-order valence-corrected chi connectivity index (χ3v) is 12.4. The third kappa shape index (κ3) is 45.9. The summed E-state index contributed by atoms with van der Waals surface area (Å²) in [5.74, 6) is 2.30. The molecular formula is C52H105NO6. The van der Waals surface area contributed by atoms with Crippen molar-refractivity contribution in [1.82, 2.24) is 4.90 Å². The molecule has 7 heteroatoms. The maximum atomic E-state index is 12.4. The van der Waals surface area contributed by atoms with E-state index >= 15 is 0 Å². The van der Waals surface area contributed by atoms with Crippen LogP contribution in [0.1, 0.15) is 260 Å².